The van der Waals surface area contributed by atoms with Crippen LogP contribution in [-0.4, -0.2) is 30.8 Å². The molecule has 1 amide bonds. The van der Waals surface area contributed by atoms with Crippen molar-refractivity contribution < 1.29 is 14.3 Å². The minimum atomic E-state index is -0.316. The third kappa shape index (κ3) is 4.92. The lowest BCUT2D eigenvalue weighted by atomic mass is 10.2. The second-order valence-corrected chi connectivity index (χ2v) is 5.99. The summed E-state index contributed by atoms with van der Waals surface area (Å²) in [6.45, 7) is 2.67. The standard InChI is InChI=1S/C17H18IN3O3/c1-3-7-24-16-14(18)8-12(9-15(16)23-2)10-20-21-17(22)13-5-4-6-19-11-13/h4-6,8-11H,3,7H2,1-2H3,(H,21,22). The van der Waals surface area contributed by atoms with Crippen LogP contribution in [0.2, 0.25) is 0 Å². The monoisotopic (exact) mass is 439 g/mol. The second-order valence-electron chi connectivity index (χ2n) is 4.82. The van der Waals surface area contributed by atoms with Crippen molar-refractivity contribution in [2.75, 3.05) is 13.7 Å². The molecular weight excluding hydrogens is 421 g/mol. The third-order valence-corrected chi connectivity index (χ3v) is 3.81. The number of nitrogens with zero attached hydrogens (tertiary/aromatic N) is 2. The van der Waals surface area contributed by atoms with Gasteiger partial charge in [0.25, 0.3) is 5.91 Å². The highest BCUT2D eigenvalue weighted by Crippen LogP contribution is 2.33. The fourth-order valence-corrected chi connectivity index (χ4v) is 2.67. The minimum Gasteiger partial charge on any atom is -0.493 e. The van der Waals surface area contributed by atoms with Gasteiger partial charge in [0.05, 0.1) is 29.1 Å². The molecule has 126 valence electrons. The lowest BCUT2D eigenvalue weighted by molar-refractivity contribution is 0.0955. The number of hydrogen-bond donors (Lipinski definition) is 1. The van der Waals surface area contributed by atoms with E-state index in [9.17, 15) is 4.79 Å². The Hall–Kier alpha value is -2.16. The van der Waals surface area contributed by atoms with Gasteiger partial charge in [0, 0.05) is 12.4 Å². The molecule has 1 aromatic carbocycles. The Bertz CT molecular complexity index is 721. The van der Waals surface area contributed by atoms with Crippen LogP contribution in [0.4, 0.5) is 0 Å². The summed E-state index contributed by atoms with van der Waals surface area (Å²) >= 11 is 2.19. The van der Waals surface area contributed by atoms with Crippen molar-refractivity contribution in [1.29, 1.82) is 0 Å². The number of hydrazone groups is 1. The molecule has 0 aliphatic carbocycles. The van der Waals surface area contributed by atoms with Crippen LogP contribution in [0.1, 0.15) is 29.3 Å². The molecule has 6 nitrogen and oxygen atoms in total. The zero-order valence-electron chi connectivity index (χ0n) is 13.5. The predicted octanol–water partition coefficient (Wildman–Crippen LogP) is 3.25. The number of nitrogens with one attached hydrogen (secondary N) is 1. The van der Waals surface area contributed by atoms with E-state index in [1.54, 1.807) is 31.7 Å². The summed E-state index contributed by atoms with van der Waals surface area (Å²) in [7, 11) is 1.59. The van der Waals surface area contributed by atoms with Crippen molar-refractivity contribution in [3.05, 3.63) is 51.4 Å². The Morgan fingerprint density at radius 1 is 1.46 bits per heavy atom. The fourth-order valence-electron chi connectivity index (χ4n) is 1.89. The first kappa shape index (κ1) is 18.2. The Balaban J connectivity index is 2.09. The number of methoxy groups -OCH3 is 1. The summed E-state index contributed by atoms with van der Waals surface area (Å²) in [6, 6.07) is 7.09. The Morgan fingerprint density at radius 3 is 2.96 bits per heavy atom. The first-order valence-corrected chi connectivity index (χ1v) is 8.47. The van der Waals surface area contributed by atoms with E-state index in [0.29, 0.717) is 17.9 Å². The Kier molecular flexibility index (Phi) is 6.98. The largest absolute Gasteiger partial charge is 0.493 e. The molecule has 0 aliphatic heterocycles. The quantitative estimate of drug-likeness (QED) is 0.409. The Morgan fingerprint density at radius 2 is 2.29 bits per heavy atom. The van der Waals surface area contributed by atoms with Crippen LogP contribution in [0, 0.1) is 3.57 Å². The molecule has 1 aromatic heterocycles. The summed E-state index contributed by atoms with van der Waals surface area (Å²) in [6.07, 6.45) is 5.57. The maximum Gasteiger partial charge on any atom is 0.272 e. The van der Waals surface area contributed by atoms with Gasteiger partial charge in [-0.2, -0.15) is 5.10 Å². The maximum absolute atomic E-state index is 11.9. The summed E-state index contributed by atoms with van der Waals surface area (Å²) < 4.78 is 12.0. The second kappa shape index (κ2) is 9.21. The van der Waals surface area contributed by atoms with Crippen LogP contribution >= 0.6 is 22.6 Å². The fraction of sp³-hybridized carbons (Fsp3) is 0.235. The van der Waals surface area contributed by atoms with Gasteiger partial charge in [0.15, 0.2) is 11.5 Å². The lowest BCUT2D eigenvalue weighted by Crippen LogP contribution is -2.17. The highest BCUT2D eigenvalue weighted by molar-refractivity contribution is 14.1. The Labute approximate surface area is 154 Å². The number of carbonyl (C=O) groups is 1. The highest BCUT2D eigenvalue weighted by Gasteiger charge is 2.11. The predicted molar refractivity (Wildman–Crippen MR) is 101 cm³/mol. The van der Waals surface area contributed by atoms with Crippen LogP contribution in [0.5, 0.6) is 11.5 Å². The van der Waals surface area contributed by atoms with E-state index in [4.69, 9.17) is 9.47 Å². The number of hydrogen-bond acceptors (Lipinski definition) is 5. The minimum absolute atomic E-state index is 0.316. The first-order chi connectivity index (χ1) is 11.7. The molecule has 1 N–H and O–H groups in total. The number of pyridine rings is 1. The number of ether oxygens (including phenoxy) is 2. The molecule has 0 saturated carbocycles. The van der Waals surface area contributed by atoms with Gasteiger partial charge in [-0.15, -0.1) is 0 Å². The van der Waals surface area contributed by atoms with Gasteiger partial charge in [0.2, 0.25) is 0 Å². The number of carbonyl (C=O) groups excluding carboxylic acids is 1. The summed E-state index contributed by atoms with van der Waals surface area (Å²) in [5, 5.41) is 3.97. The molecule has 0 fully saturated rings. The van der Waals surface area contributed by atoms with E-state index in [2.05, 4.69) is 38.1 Å². The number of halogens is 1. The van der Waals surface area contributed by atoms with Gasteiger partial charge in [-0.3, -0.25) is 9.78 Å². The van der Waals surface area contributed by atoms with Crippen LogP contribution in [0.25, 0.3) is 0 Å². The molecule has 0 spiro atoms. The van der Waals surface area contributed by atoms with Crippen molar-refractivity contribution in [3.63, 3.8) is 0 Å². The molecule has 2 aromatic rings. The van der Waals surface area contributed by atoms with Crippen LogP contribution in [0.15, 0.2) is 41.8 Å². The van der Waals surface area contributed by atoms with Crippen LogP contribution < -0.4 is 14.9 Å². The molecular formula is C17H18IN3O3. The van der Waals surface area contributed by atoms with E-state index < -0.39 is 0 Å². The average Bonchev–Trinajstić information content (AvgIpc) is 2.61. The lowest BCUT2D eigenvalue weighted by Gasteiger charge is -2.12. The van der Waals surface area contributed by atoms with Crippen molar-refractivity contribution in [2.24, 2.45) is 5.10 Å². The topological polar surface area (TPSA) is 72.8 Å². The van der Waals surface area contributed by atoms with E-state index in [0.717, 1.165) is 21.3 Å². The maximum atomic E-state index is 11.9. The van der Waals surface area contributed by atoms with Crippen LogP contribution in [-0.2, 0) is 0 Å². The summed E-state index contributed by atoms with van der Waals surface area (Å²) in [5.41, 5.74) is 3.72. The molecule has 24 heavy (non-hydrogen) atoms. The number of rotatable bonds is 7. The summed E-state index contributed by atoms with van der Waals surface area (Å²) in [5.74, 6) is 1.04. The molecule has 0 bridgehead atoms. The van der Waals surface area contributed by atoms with E-state index in [-0.39, 0.29) is 5.91 Å². The highest BCUT2D eigenvalue weighted by atomic mass is 127. The molecule has 0 radical (unpaired) electrons. The van der Waals surface area contributed by atoms with Crippen molar-refractivity contribution in [2.45, 2.75) is 13.3 Å². The molecule has 0 unspecified atom stereocenters. The molecule has 0 saturated heterocycles. The molecule has 7 heteroatoms. The third-order valence-electron chi connectivity index (χ3n) is 3.01. The zero-order chi connectivity index (χ0) is 17.4. The van der Waals surface area contributed by atoms with E-state index in [1.807, 2.05) is 19.1 Å². The molecule has 0 atom stereocenters. The van der Waals surface area contributed by atoms with Crippen LogP contribution in [0.3, 0.4) is 0 Å². The molecule has 0 aliphatic rings. The first-order valence-electron chi connectivity index (χ1n) is 7.39. The normalized spacial score (nSPS) is 10.6. The van der Waals surface area contributed by atoms with E-state index >= 15 is 0 Å². The van der Waals surface area contributed by atoms with Gasteiger partial charge in [-0.05, 0) is 58.8 Å². The average molecular weight is 439 g/mol. The van der Waals surface area contributed by atoms with Gasteiger partial charge < -0.3 is 9.47 Å². The van der Waals surface area contributed by atoms with Crippen molar-refractivity contribution >= 4 is 34.7 Å². The van der Waals surface area contributed by atoms with Gasteiger partial charge in [0.1, 0.15) is 0 Å². The number of amides is 1. The number of benzene rings is 1. The van der Waals surface area contributed by atoms with E-state index in [1.165, 1.54) is 6.20 Å². The van der Waals surface area contributed by atoms with Crippen molar-refractivity contribution in [1.82, 2.24) is 10.4 Å². The van der Waals surface area contributed by atoms with Crippen molar-refractivity contribution in [3.8, 4) is 11.5 Å². The van der Waals surface area contributed by atoms with Gasteiger partial charge >= 0.3 is 0 Å². The number of aromatic nitrogens is 1. The summed E-state index contributed by atoms with van der Waals surface area (Å²) in [4.78, 5) is 15.8. The smallest absolute Gasteiger partial charge is 0.272 e. The SMILES string of the molecule is CCCOc1c(I)cc(C=NNC(=O)c2cccnc2)cc1OC. The zero-order valence-corrected chi connectivity index (χ0v) is 15.6. The molecule has 1 heterocycles. The molecule has 2 rings (SSSR count). The van der Waals surface area contributed by atoms with Gasteiger partial charge in [-0.25, -0.2) is 5.43 Å². The van der Waals surface area contributed by atoms with Gasteiger partial charge in [-0.1, -0.05) is 6.92 Å².